The first kappa shape index (κ1) is 14.6. The number of nitrogens with zero attached hydrogens (tertiary/aromatic N) is 1. The Balaban J connectivity index is 2.16. The van der Waals surface area contributed by atoms with E-state index >= 15 is 0 Å². The standard InChI is InChI=1S/C14H13ClN2O2S/c15-11-5-2-1-4-10(11)9-19-12-6-3-7-17(14(12)18)8-13(16)20/h1-7H,8-9H2,(H2,16,20). The third-order valence-electron chi connectivity index (χ3n) is 2.65. The Bertz CT molecular complexity index is 685. The zero-order valence-corrected chi connectivity index (χ0v) is 12.2. The summed E-state index contributed by atoms with van der Waals surface area (Å²) in [6.07, 6.45) is 1.61. The van der Waals surface area contributed by atoms with Crippen molar-refractivity contribution in [2.24, 2.45) is 5.73 Å². The zero-order valence-electron chi connectivity index (χ0n) is 10.6. The molecule has 20 heavy (non-hydrogen) atoms. The van der Waals surface area contributed by atoms with Crippen LogP contribution in [-0.4, -0.2) is 9.56 Å². The molecule has 0 saturated heterocycles. The molecule has 0 fully saturated rings. The molecule has 2 N–H and O–H groups in total. The Labute approximate surface area is 126 Å². The Morgan fingerprint density at radius 2 is 2.05 bits per heavy atom. The SMILES string of the molecule is NC(=S)Cn1cccc(OCc2ccccc2Cl)c1=O. The highest BCUT2D eigenvalue weighted by molar-refractivity contribution is 7.80. The van der Waals surface area contributed by atoms with E-state index in [4.69, 9.17) is 34.3 Å². The molecule has 6 heteroatoms. The minimum absolute atomic E-state index is 0.192. The van der Waals surface area contributed by atoms with Crippen molar-refractivity contribution in [3.05, 3.63) is 63.5 Å². The number of nitrogens with two attached hydrogens (primary N) is 1. The predicted octanol–water partition coefficient (Wildman–Crippen LogP) is 2.37. The predicted molar refractivity (Wildman–Crippen MR) is 83.3 cm³/mol. The number of hydrogen-bond donors (Lipinski definition) is 1. The summed E-state index contributed by atoms with van der Waals surface area (Å²) in [5.74, 6) is 0.240. The van der Waals surface area contributed by atoms with E-state index in [1.807, 2.05) is 18.2 Å². The molecule has 104 valence electrons. The molecule has 2 rings (SSSR count). The van der Waals surface area contributed by atoms with Crippen molar-refractivity contribution >= 4 is 28.8 Å². The molecule has 0 aliphatic carbocycles. The van der Waals surface area contributed by atoms with Crippen molar-refractivity contribution in [1.82, 2.24) is 4.57 Å². The van der Waals surface area contributed by atoms with Gasteiger partial charge in [0.2, 0.25) is 0 Å². The molecule has 0 spiro atoms. The first-order valence-electron chi connectivity index (χ1n) is 5.92. The average molecular weight is 309 g/mol. The maximum Gasteiger partial charge on any atom is 0.293 e. The number of thiocarbonyl (C=S) groups is 1. The second-order valence-electron chi connectivity index (χ2n) is 4.15. The molecule has 0 saturated carbocycles. The van der Waals surface area contributed by atoms with Crippen molar-refractivity contribution in [2.75, 3.05) is 0 Å². The summed E-state index contributed by atoms with van der Waals surface area (Å²) in [7, 11) is 0. The fourth-order valence-corrected chi connectivity index (χ4v) is 2.02. The van der Waals surface area contributed by atoms with Crippen molar-refractivity contribution in [3.63, 3.8) is 0 Å². The van der Waals surface area contributed by atoms with Crippen LogP contribution in [0.4, 0.5) is 0 Å². The van der Waals surface area contributed by atoms with Crippen LogP contribution in [0, 0.1) is 0 Å². The lowest BCUT2D eigenvalue weighted by atomic mass is 10.2. The van der Waals surface area contributed by atoms with E-state index < -0.39 is 0 Å². The molecule has 0 bridgehead atoms. The minimum Gasteiger partial charge on any atom is -0.483 e. The van der Waals surface area contributed by atoms with Gasteiger partial charge in [0.25, 0.3) is 5.56 Å². The van der Waals surface area contributed by atoms with Crippen LogP contribution in [0.1, 0.15) is 5.56 Å². The molecule has 1 aromatic carbocycles. The monoisotopic (exact) mass is 308 g/mol. The van der Waals surface area contributed by atoms with Crippen LogP contribution in [0.2, 0.25) is 5.02 Å². The molecule has 0 radical (unpaired) electrons. The van der Waals surface area contributed by atoms with Gasteiger partial charge in [-0.05, 0) is 18.2 Å². The second-order valence-corrected chi connectivity index (χ2v) is 5.08. The van der Waals surface area contributed by atoms with Crippen LogP contribution in [-0.2, 0) is 13.2 Å². The van der Waals surface area contributed by atoms with Gasteiger partial charge in [-0.25, -0.2) is 0 Å². The first-order chi connectivity index (χ1) is 9.58. The fraction of sp³-hybridized carbons (Fsp3) is 0.143. The van der Waals surface area contributed by atoms with E-state index in [1.54, 1.807) is 24.4 Å². The highest BCUT2D eigenvalue weighted by Gasteiger charge is 2.06. The number of ether oxygens (including phenoxy) is 1. The quantitative estimate of drug-likeness (QED) is 0.862. The molecule has 0 atom stereocenters. The molecular weight excluding hydrogens is 296 g/mol. The highest BCUT2D eigenvalue weighted by atomic mass is 35.5. The van der Waals surface area contributed by atoms with E-state index in [9.17, 15) is 4.79 Å². The van der Waals surface area contributed by atoms with Crippen LogP contribution >= 0.6 is 23.8 Å². The third-order valence-corrected chi connectivity index (χ3v) is 3.15. The fourth-order valence-electron chi connectivity index (χ4n) is 1.69. The number of aromatic nitrogens is 1. The molecule has 2 aromatic rings. The number of benzene rings is 1. The van der Waals surface area contributed by atoms with Crippen LogP contribution in [0.3, 0.4) is 0 Å². The van der Waals surface area contributed by atoms with E-state index in [2.05, 4.69) is 0 Å². The van der Waals surface area contributed by atoms with Crippen molar-refractivity contribution < 1.29 is 4.74 Å². The summed E-state index contributed by atoms with van der Waals surface area (Å²) in [5.41, 5.74) is 5.99. The van der Waals surface area contributed by atoms with Gasteiger partial charge in [0.1, 0.15) is 6.61 Å². The van der Waals surface area contributed by atoms with E-state index in [0.29, 0.717) is 5.02 Å². The topological polar surface area (TPSA) is 57.2 Å². The molecule has 1 aromatic heterocycles. The van der Waals surface area contributed by atoms with Gasteiger partial charge >= 0.3 is 0 Å². The van der Waals surface area contributed by atoms with Gasteiger partial charge in [0.05, 0.1) is 11.5 Å². The van der Waals surface area contributed by atoms with Gasteiger partial charge in [0, 0.05) is 16.8 Å². The zero-order chi connectivity index (χ0) is 14.5. The maximum absolute atomic E-state index is 12.1. The molecule has 4 nitrogen and oxygen atoms in total. The summed E-state index contributed by atoms with van der Waals surface area (Å²) in [4.78, 5) is 12.3. The molecule has 1 heterocycles. The van der Waals surface area contributed by atoms with E-state index in [0.717, 1.165) is 5.56 Å². The summed E-state index contributed by atoms with van der Waals surface area (Å²) in [5, 5.41) is 0.604. The Kier molecular flexibility index (Phi) is 4.76. The van der Waals surface area contributed by atoms with Gasteiger partial charge in [-0.1, -0.05) is 42.0 Å². The Hall–Kier alpha value is -1.85. The number of pyridine rings is 1. The van der Waals surface area contributed by atoms with Crippen LogP contribution in [0.15, 0.2) is 47.4 Å². The third kappa shape index (κ3) is 3.59. The maximum atomic E-state index is 12.1. The summed E-state index contributed by atoms with van der Waals surface area (Å²) >= 11 is 10.8. The molecule has 0 aliphatic heterocycles. The van der Waals surface area contributed by atoms with Gasteiger partial charge in [-0.15, -0.1) is 0 Å². The summed E-state index contributed by atoms with van der Waals surface area (Å²) in [6.45, 7) is 0.420. The molecule has 0 unspecified atom stereocenters. The van der Waals surface area contributed by atoms with Crippen molar-refractivity contribution in [1.29, 1.82) is 0 Å². The lowest BCUT2D eigenvalue weighted by Gasteiger charge is -2.09. The lowest BCUT2D eigenvalue weighted by molar-refractivity contribution is 0.299. The Morgan fingerprint density at radius 3 is 2.75 bits per heavy atom. The largest absolute Gasteiger partial charge is 0.483 e. The molecule has 0 aliphatic rings. The molecular formula is C14H13ClN2O2S. The highest BCUT2D eigenvalue weighted by Crippen LogP contribution is 2.16. The lowest BCUT2D eigenvalue weighted by Crippen LogP contribution is -2.27. The van der Waals surface area contributed by atoms with Crippen molar-refractivity contribution in [2.45, 2.75) is 13.2 Å². The smallest absolute Gasteiger partial charge is 0.293 e. The number of rotatable bonds is 5. The van der Waals surface area contributed by atoms with Crippen LogP contribution in [0.5, 0.6) is 5.75 Å². The van der Waals surface area contributed by atoms with Crippen LogP contribution in [0.25, 0.3) is 0 Å². The van der Waals surface area contributed by atoms with Crippen molar-refractivity contribution in [3.8, 4) is 5.75 Å². The number of halogens is 1. The Morgan fingerprint density at radius 1 is 1.30 bits per heavy atom. The van der Waals surface area contributed by atoms with E-state index in [-0.39, 0.29) is 29.4 Å². The van der Waals surface area contributed by atoms with Crippen LogP contribution < -0.4 is 16.0 Å². The summed E-state index contributed by atoms with van der Waals surface area (Å²) in [6, 6.07) is 10.6. The normalized spacial score (nSPS) is 10.2. The molecule has 0 amide bonds. The van der Waals surface area contributed by atoms with Gasteiger partial charge in [0.15, 0.2) is 5.75 Å². The van der Waals surface area contributed by atoms with Gasteiger partial charge < -0.3 is 15.0 Å². The first-order valence-corrected chi connectivity index (χ1v) is 6.70. The average Bonchev–Trinajstić information content (AvgIpc) is 2.41. The minimum atomic E-state index is -0.271. The van der Waals surface area contributed by atoms with Gasteiger partial charge in [-0.3, -0.25) is 4.79 Å². The van der Waals surface area contributed by atoms with E-state index in [1.165, 1.54) is 4.57 Å². The summed E-state index contributed by atoms with van der Waals surface area (Å²) < 4.78 is 6.93. The second kappa shape index (κ2) is 6.54. The van der Waals surface area contributed by atoms with Gasteiger partial charge in [-0.2, -0.15) is 0 Å². The number of hydrogen-bond acceptors (Lipinski definition) is 3.